The van der Waals surface area contributed by atoms with Crippen molar-refractivity contribution < 1.29 is 61.0 Å². The SMILES string of the molecule is CC/C=C(\NC(=O)C1CC[CH-]CC1)Nc1ccccc1C.[CH2-]c1c(C)cccc1[C-]=O.[K+]. The number of benzene rings is 2. The fourth-order valence-electron chi connectivity index (χ4n) is 3.42. The fourth-order valence-corrected chi connectivity index (χ4v) is 3.42. The predicted octanol–water partition coefficient (Wildman–Crippen LogP) is 2.81. The monoisotopic (exact) mass is 456 g/mol. The number of para-hydroxylation sites is 1. The molecule has 1 saturated carbocycles. The number of carbonyl (C=O) groups is 1. The zero-order valence-electron chi connectivity index (χ0n) is 19.8. The Labute approximate surface area is 236 Å². The minimum Gasteiger partial charge on any atom is -0.391 e. The molecule has 2 N–H and O–H groups in total. The summed E-state index contributed by atoms with van der Waals surface area (Å²) >= 11 is 0. The van der Waals surface area contributed by atoms with E-state index in [1.54, 1.807) is 6.07 Å². The molecule has 0 saturated heterocycles. The van der Waals surface area contributed by atoms with Crippen LogP contribution in [0.5, 0.6) is 0 Å². The van der Waals surface area contributed by atoms with Gasteiger partial charge in [-0.3, -0.25) is 22.8 Å². The third-order valence-electron chi connectivity index (χ3n) is 5.41. The molecule has 0 aromatic heterocycles. The van der Waals surface area contributed by atoms with Crippen molar-refractivity contribution in [3.05, 3.63) is 90.0 Å². The molecule has 1 aliphatic carbocycles. The van der Waals surface area contributed by atoms with Crippen LogP contribution in [-0.4, -0.2) is 12.2 Å². The van der Waals surface area contributed by atoms with E-state index in [0.717, 1.165) is 54.7 Å². The van der Waals surface area contributed by atoms with Gasteiger partial charge in [-0.05, 0) is 37.3 Å². The molecule has 1 aliphatic rings. The van der Waals surface area contributed by atoms with Crippen LogP contribution in [0, 0.1) is 33.1 Å². The molecule has 3 rings (SSSR count). The van der Waals surface area contributed by atoms with Crippen LogP contribution in [0.4, 0.5) is 5.69 Å². The molecule has 0 spiro atoms. The van der Waals surface area contributed by atoms with Gasteiger partial charge in [0.05, 0.1) is 0 Å². The Morgan fingerprint density at radius 1 is 1.12 bits per heavy atom. The van der Waals surface area contributed by atoms with Gasteiger partial charge in [-0.1, -0.05) is 44.9 Å². The summed E-state index contributed by atoms with van der Waals surface area (Å²) in [4.78, 5) is 22.6. The van der Waals surface area contributed by atoms with Crippen molar-refractivity contribution in [2.45, 2.75) is 52.9 Å². The summed E-state index contributed by atoms with van der Waals surface area (Å²) < 4.78 is 0. The van der Waals surface area contributed by atoms with Crippen LogP contribution in [0.1, 0.15) is 61.3 Å². The van der Waals surface area contributed by atoms with Crippen LogP contribution in [0.2, 0.25) is 0 Å². The maximum Gasteiger partial charge on any atom is 1.00 e. The maximum absolute atomic E-state index is 12.4. The van der Waals surface area contributed by atoms with Crippen molar-refractivity contribution in [1.29, 1.82) is 0 Å². The summed E-state index contributed by atoms with van der Waals surface area (Å²) in [5.41, 5.74) is 4.56. The first-order chi connectivity index (χ1) is 15.0. The Balaban J connectivity index is 0.000000393. The Morgan fingerprint density at radius 2 is 1.78 bits per heavy atom. The van der Waals surface area contributed by atoms with Crippen LogP contribution in [0.15, 0.2) is 54.4 Å². The van der Waals surface area contributed by atoms with Crippen molar-refractivity contribution in [1.82, 2.24) is 5.32 Å². The van der Waals surface area contributed by atoms with Gasteiger partial charge in [0.2, 0.25) is 5.91 Å². The predicted molar refractivity (Wildman–Crippen MR) is 128 cm³/mol. The first-order valence-corrected chi connectivity index (χ1v) is 10.9. The zero-order valence-corrected chi connectivity index (χ0v) is 23.0. The molecule has 2 aromatic rings. The van der Waals surface area contributed by atoms with E-state index in [0.29, 0.717) is 5.56 Å². The molecule has 5 heteroatoms. The van der Waals surface area contributed by atoms with Gasteiger partial charge < -0.3 is 21.8 Å². The number of carbonyl (C=O) groups excluding carboxylic acids is 2. The Kier molecular flexibility index (Phi) is 13.8. The van der Waals surface area contributed by atoms with Gasteiger partial charge in [-0.2, -0.15) is 12.8 Å². The van der Waals surface area contributed by atoms with E-state index in [1.807, 2.05) is 49.6 Å². The van der Waals surface area contributed by atoms with Crippen molar-refractivity contribution >= 4 is 17.9 Å². The zero-order chi connectivity index (χ0) is 22.6. The van der Waals surface area contributed by atoms with Crippen molar-refractivity contribution in [2.24, 2.45) is 5.92 Å². The maximum atomic E-state index is 12.4. The molecule has 0 atom stereocenters. The average molecular weight is 457 g/mol. The smallest absolute Gasteiger partial charge is 0.391 e. The normalized spacial score (nSPS) is 13.8. The molecule has 2 aromatic carbocycles. The summed E-state index contributed by atoms with van der Waals surface area (Å²) in [7, 11) is 0. The second-order valence-electron chi connectivity index (χ2n) is 7.80. The van der Waals surface area contributed by atoms with Crippen LogP contribution >= 0.6 is 0 Å². The first kappa shape index (κ1) is 28.7. The Hall–Kier alpha value is -1.37. The van der Waals surface area contributed by atoms with Crippen molar-refractivity contribution in [2.75, 3.05) is 5.32 Å². The van der Waals surface area contributed by atoms with Crippen molar-refractivity contribution in [3.63, 3.8) is 0 Å². The summed E-state index contributed by atoms with van der Waals surface area (Å²) in [6.07, 6.45) is 11.0. The van der Waals surface area contributed by atoms with Gasteiger partial charge in [0.1, 0.15) is 5.82 Å². The van der Waals surface area contributed by atoms with Crippen LogP contribution in [0.25, 0.3) is 0 Å². The fraction of sp³-hybridized carbons (Fsp3) is 0.333. The van der Waals surface area contributed by atoms with Crippen LogP contribution in [0.3, 0.4) is 0 Å². The van der Waals surface area contributed by atoms with E-state index < -0.39 is 0 Å². The summed E-state index contributed by atoms with van der Waals surface area (Å²) in [6.45, 7) is 9.78. The third-order valence-corrected chi connectivity index (χ3v) is 5.41. The number of amides is 1. The van der Waals surface area contributed by atoms with Gasteiger partial charge >= 0.3 is 51.4 Å². The van der Waals surface area contributed by atoms with E-state index in [2.05, 4.69) is 43.9 Å². The molecule has 1 fully saturated rings. The Morgan fingerprint density at radius 3 is 2.38 bits per heavy atom. The second-order valence-corrected chi connectivity index (χ2v) is 7.80. The third kappa shape index (κ3) is 9.24. The molecule has 1 amide bonds. The number of aryl methyl sites for hydroxylation is 2. The summed E-state index contributed by atoms with van der Waals surface area (Å²) in [6, 6.07) is 13.6. The standard InChI is InChI=1S/C18H25N2O.C9H8O.K/c1-3-9-17(19-16-13-8-7-10-14(16)2)20-18(21)15-11-5-4-6-12-15;1-7-4-3-5-9(6-10)8(7)2;/h4,7-10,13,15,19H,3,5-6,11-12H2,1-2H3,(H,20,21);3-5H,2H2,1H3;/q-1;-2;+1/b17-9-;;. The quantitative estimate of drug-likeness (QED) is 0.519. The minimum atomic E-state index is 0. The van der Waals surface area contributed by atoms with Gasteiger partial charge in [0.25, 0.3) is 0 Å². The van der Waals surface area contributed by atoms with E-state index >= 15 is 0 Å². The molecule has 0 unspecified atom stereocenters. The van der Waals surface area contributed by atoms with Gasteiger partial charge in [-0.15, -0.1) is 12.1 Å². The minimum absolute atomic E-state index is 0. The number of allylic oxidation sites excluding steroid dienone is 1. The van der Waals surface area contributed by atoms with Gasteiger partial charge in [0, 0.05) is 11.6 Å². The van der Waals surface area contributed by atoms with E-state index in [4.69, 9.17) is 0 Å². The summed E-state index contributed by atoms with van der Waals surface area (Å²) in [5, 5.41) is 6.40. The molecule has 0 radical (unpaired) electrons. The molecule has 4 nitrogen and oxygen atoms in total. The van der Waals surface area contributed by atoms with Gasteiger partial charge in [-0.25, -0.2) is 11.6 Å². The number of hydrogen-bond acceptors (Lipinski definition) is 3. The number of nitrogens with one attached hydrogen (secondary N) is 2. The number of rotatable bonds is 6. The average Bonchev–Trinajstić information content (AvgIpc) is 2.78. The topological polar surface area (TPSA) is 58.2 Å². The summed E-state index contributed by atoms with van der Waals surface area (Å²) in [5.74, 6) is 1.09. The number of anilines is 1. The van der Waals surface area contributed by atoms with Crippen LogP contribution < -0.4 is 62.0 Å². The van der Waals surface area contributed by atoms with E-state index in [9.17, 15) is 9.59 Å². The molecule has 0 heterocycles. The van der Waals surface area contributed by atoms with Crippen LogP contribution in [-0.2, 0) is 9.59 Å². The number of hydrogen-bond donors (Lipinski definition) is 2. The Bertz CT molecular complexity index is 902. The second kappa shape index (κ2) is 15.5. The van der Waals surface area contributed by atoms with Crippen molar-refractivity contribution in [3.8, 4) is 0 Å². The molecular formula is C27H33KN2O2-2. The van der Waals surface area contributed by atoms with E-state index in [1.165, 1.54) is 5.56 Å². The molecule has 0 aliphatic heterocycles. The molecule has 32 heavy (non-hydrogen) atoms. The molecule has 166 valence electrons. The van der Waals surface area contributed by atoms with Gasteiger partial charge in [0.15, 0.2) is 0 Å². The first-order valence-electron chi connectivity index (χ1n) is 10.9. The molecule has 0 bridgehead atoms. The molecular weight excluding hydrogens is 423 g/mol. The van der Waals surface area contributed by atoms with E-state index in [-0.39, 0.29) is 63.2 Å². The largest absolute Gasteiger partial charge is 1.00 e.